The molecule has 5 nitrogen and oxygen atoms in total. The average molecular weight is 381 g/mol. The monoisotopic (exact) mass is 381 g/mol. The van der Waals surface area contributed by atoms with E-state index in [1.807, 2.05) is 30.3 Å². The second-order valence-electron chi connectivity index (χ2n) is 5.82. The molecule has 1 N–H and O–H groups in total. The quantitative estimate of drug-likeness (QED) is 0.710. The van der Waals surface area contributed by atoms with Crippen molar-refractivity contribution < 1.29 is 17.9 Å². The fraction of sp³-hybridized carbons (Fsp3) is 0.0952. The number of rotatable bonds is 6. The van der Waals surface area contributed by atoms with Crippen LogP contribution in [0.5, 0.6) is 5.75 Å². The Kier molecular flexibility index (Phi) is 5.57. The van der Waals surface area contributed by atoms with Crippen molar-refractivity contribution in [3.8, 4) is 5.75 Å². The Morgan fingerprint density at radius 2 is 1.44 bits per heavy atom. The van der Waals surface area contributed by atoms with Gasteiger partial charge in [-0.3, -0.25) is 4.79 Å². The van der Waals surface area contributed by atoms with E-state index in [4.69, 9.17) is 4.74 Å². The van der Waals surface area contributed by atoms with Crippen LogP contribution in [0.4, 0.5) is 0 Å². The van der Waals surface area contributed by atoms with E-state index in [9.17, 15) is 13.2 Å². The second kappa shape index (κ2) is 8.05. The van der Waals surface area contributed by atoms with Crippen LogP contribution in [0, 0.1) is 0 Å². The predicted octanol–water partition coefficient (Wildman–Crippen LogP) is 3.46. The standard InChI is InChI=1S/C21H19NO4S/c1-26-18-12-6-8-14-20(18)27(24,25)19-13-7-5-11-17(19)21(23)22-15-16-9-3-2-4-10-16/h2-14H,15H2,1H3,(H,22,23). The maximum atomic E-state index is 13.2. The predicted molar refractivity (Wildman–Crippen MR) is 103 cm³/mol. The Morgan fingerprint density at radius 1 is 0.852 bits per heavy atom. The molecule has 0 spiro atoms. The molecular weight excluding hydrogens is 362 g/mol. The van der Waals surface area contributed by atoms with Crippen molar-refractivity contribution in [2.45, 2.75) is 16.3 Å². The van der Waals surface area contributed by atoms with Gasteiger partial charge in [0.1, 0.15) is 10.6 Å². The lowest BCUT2D eigenvalue weighted by Crippen LogP contribution is -2.24. The van der Waals surface area contributed by atoms with Gasteiger partial charge in [0, 0.05) is 6.54 Å². The van der Waals surface area contributed by atoms with E-state index in [2.05, 4.69) is 5.32 Å². The number of nitrogens with one attached hydrogen (secondary N) is 1. The molecule has 0 fully saturated rings. The summed E-state index contributed by atoms with van der Waals surface area (Å²) in [5.74, 6) is -0.218. The van der Waals surface area contributed by atoms with Gasteiger partial charge in [-0.1, -0.05) is 54.6 Å². The largest absolute Gasteiger partial charge is 0.495 e. The number of ether oxygens (including phenoxy) is 1. The lowest BCUT2D eigenvalue weighted by atomic mass is 10.2. The molecule has 0 aliphatic rings. The van der Waals surface area contributed by atoms with Crippen LogP contribution in [0.3, 0.4) is 0 Å². The molecule has 6 heteroatoms. The van der Waals surface area contributed by atoms with E-state index >= 15 is 0 Å². The van der Waals surface area contributed by atoms with Crippen molar-refractivity contribution in [2.75, 3.05) is 7.11 Å². The fourth-order valence-electron chi connectivity index (χ4n) is 2.72. The number of para-hydroxylation sites is 1. The number of methoxy groups -OCH3 is 1. The number of carbonyl (C=O) groups excluding carboxylic acids is 1. The van der Waals surface area contributed by atoms with Gasteiger partial charge in [0.15, 0.2) is 0 Å². The molecule has 0 aromatic heterocycles. The topological polar surface area (TPSA) is 72.5 Å². The summed E-state index contributed by atoms with van der Waals surface area (Å²) in [5, 5.41) is 2.77. The maximum Gasteiger partial charge on any atom is 0.252 e. The summed E-state index contributed by atoms with van der Waals surface area (Å²) in [6.07, 6.45) is 0. The first-order valence-corrected chi connectivity index (χ1v) is 9.81. The summed E-state index contributed by atoms with van der Waals surface area (Å²) in [6, 6.07) is 21.9. The first-order chi connectivity index (χ1) is 13.0. The molecular formula is C21H19NO4S. The number of benzene rings is 3. The Hall–Kier alpha value is -3.12. The summed E-state index contributed by atoms with van der Waals surface area (Å²) in [5.41, 5.74) is 1.02. The Labute approximate surface area is 158 Å². The Morgan fingerprint density at radius 3 is 2.15 bits per heavy atom. The van der Waals surface area contributed by atoms with Crippen LogP contribution in [0.1, 0.15) is 15.9 Å². The highest BCUT2D eigenvalue weighted by Crippen LogP contribution is 2.30. The second-order valence-corrected chi connectivity index (χ2v) is 7.71. The maximum absolute atomic E-state index is 13.2. The summed E-state index contributed by atoms with van der Waals surface area (Å²) in [4.78, 5) is 12.6. The van der Waals surface area contributed by atoms with E-state index in [0.717, 1.165) is 5.56 Å². The summed E-state index contributed by atoms with van der Waals surface area (Å²) in [7, 11) is -2.52. The van der Waals surface area contributed by atoms with Crippen molar-refractivity contribution >= 4 is 15.7 Å². The van der Waals surface area contributed by atoms with Gasteiger partial charge in [-0.05, 0) is 29.8 Å². The molecule has 0 heterocycles. The van der Waals surface area contributed by atoms with Crippen LogP contribution in [0.25, 0.3) is 0 Å². The van der Waals surface area contributed by atoms with Crippen molar-refractivity contribution in [3.63, 3.8) is 0 Å². The Balaban J connectivity index is 1.95. The highest BCUT2D eigenvalue weighted by molar-refractivity contribution is 7.91. The Bertz CT molecular complexity index is 1050. The van der Waals surface area contributed by atoms with E-state index in [1.165, 1.54) is 25.3 Å². The number of amides is 1. The zero-order valence-electron chi connectivity index (χ0n) is 14.8. The third-order valence-corrected chi connectivity index (χ3v) is 5.93. The molecule has 27 heavy (non-hydrogen) atoms. The smallest absolute Gasteiger partial charge is 0.252 e. The van der Waals surface area contributed by atoms with Gasteiger partial charge in [-0.2, -0.15) is 0 Å². The van der Waals surface area contributed by atoms with Gasteiger partial charge >= 0.3 is 0 Å². The summed E-state index contributed by atoms with van der Waals surface area (Å²) >= 11 is 0. The zero-order chi connectivity index (χ0) is 19.3. The van der Waals surface area contributed by atoms with Gasteiger partial charge < -0.3 is 10.1 Å². The van der Waals surface area contributed by atoms with Gasteiger partial charge in [0.2, 0.25) is 9.84 Å². The average Bonchev–Trinajstić information content (AvgIpc) is 2.72. The van der Waals surface area contributed by atoms with Gasteiger partial charge in [-0.25, -0.2) is 8.42 Å². The molecule has 0 saturated carbocycles. The number of hydrogen-bond donors (Lipinski definition) is 1. The molecule has 0 aliphatic carbocycles. The lowest BCUT2D eigenvalue weighted by Gasteiger charge is -2.13. The molecule has 0 atom stereocenters. The van der Waals surface area contributed by atoms with Crippen LogP contribution in [-0.2, 0) is 16.4 Å². The highest BCUT2D eigenvalue weighted by atomic mass is 32.2. The molecule has 3 aromatic rings. The highest BCUT2D eigenvalue weighted by Gasteiger charge is 2.26. The van der Waals surface area contributed by atoms with Crippen LogP contribution >= 0.6 is 0 Å². The first kappa shape index (κ1) is 18.7. The zero-order valence-corrected chi connectivity index (χ0v) is 15.6. The molecule has 3 aromatic carbocycles. The van der Waals surface area contributed by atoms with Crippen LogP contribution in [0.2, 0.25) is 0 Å². The van der Waals surface area contributed by atoms with Gasteiger partial charge in [0.05, 0.1) is 17.6 Å². The third kappa shape index (κ3) is 4.01. The molecule has 3 rings (SSSR count). The number of sulfone groups is 1. The first-order valence-electron chi connectivity index (χ1n) is 8.33. The van der Waals surface area contributed by atoms with Gasteiger partial charge in [0.25, 0.3) is 5.91 Å². The fourth-order valence-corrected chi connectivity index (χ4v) is 4.34. The number of carbonyl (C=O) groups is 1. The van der Waals surface area contributed by atoms with E-state index in [-0.39, 0.29) is 21.1 Å². The van der Waals surface area contributed by atoms with Crippen LogP contribution < -0.4 is 10.1 Å². The van der Waals surface area contributed by atoms with Crippen LogP contribution in [-0.4, -0.2) is 21.4 Å². The molecule has 0 saturated heterocycles. The molecule has 0 unspecified atom stereocenters. The van der Waals surface area contributed by atoms with Crippen LogP contribution in [0.15, 0.2) is 88.7 Å². The van der Waals surface area contributed by atoms with E-state index in [0.29, 0.717) is 6.54 Å². The minimum atomic E-state index is -3.93. The minimum Gasteiger partial charge on any atom is -0.495 e. The molecule has 0 radical (unpaired) electrons. The SMILES string of the molecule is COc1ccccc1S(=O)(=O)c1ccccc1C(=O)NCc1ccccc1. The molecule has 1 amide bonds. The van der Waals surface area contributed by atoms with Crippen molar-refractivity contribution in [3.05, 3.63) is 90.0 Å². The molecule has 0 bridgehead atoms. The summed E-state index contributed by atoms with van der Waals surface area (Å²) in [6.45, 7) is 0.308. The number of hydrogen-bond acceptors (Lipinski definition) is 4. The normalized spacial score (nSPS) is 11.0. The summed E-state index contributed by atoms with van der Waals surface area (Å²) < 4.78 is 31.5. The van der Waals surface area contributed by atoms with Crippen molar-refractivity contribution in [2.24, 2.45) is 0 Å². The van der Waals surface area contributed by atoms with E-state index < -0.39 is 15.7 Å². The van der Waals surface area contributed by atoms with Crippen molar-refractivity contribution in [1.29, 1.82) is 0 Å². The minimum absolute atomic E-state index is 0.0239. The molecule has 0 aliphatic heterocycles. The van der Waals surface area contributed by atoms with Gasteiger partial charge in [-0.15, -0.1) is 0 Å². The van der Waals surface area contributed by atoms with E-state index in [1.54, 1.807) is 30.3 Å². The third-order valence-electron chi connectivity index (χ3n) is 4.08. The lowest BCUT2D eigenvalue weighted by molar-refractivity contribution is 0.0947. The molecule has 138 valence electrons. The van der Waals surface area contributed by atoms with Crippen molar-refractivity contribution in [1.82, 2.24) is 5.32 Å².